The molecule has 24 heavy (non-hydrogen) atoms. The standard InChI is InChI=1S/C18H16ClN3O2/c1-11-20-9-15(19)17(22-11)18(24)21-10-16(23)14-7-6-12-4-2-3-5-13(12)8-14/h2-9,16,23H,10H2,1H3,(H,21,24). The van der Waals surface area contributed by atoms with Crippen molar-refractivity contribution >= 4 is 28.3 Å². The monoisotopic (exact) mass is 341 g/mol. The molecular weight excluding hydrogens is 326 g/mol. The minimum absolute atomic E-state index is 0.0660. The van der Waals surface area contributed by atoms with Crippen molar-refractivity contribution in [3.63, 3.8) is 0 Å². The maximum Gasteiger partial charge on any atom is 0.271 e. The zero-order valence-electron chi connectivity index (χ0n) is 13.0. The van der Waals surface area contributed by atoms with Gasteiger partial charge in [0.15, 0.2) is 0 Å². The Morgan fingerprint density at radius 3 is 2.79 bits per heavy atom. The van der Waals surface area contributed by atoms with E-state index >= 15 is 0 Å². The van der Waals surface area contributed by atoms with Gasteiger partial charge in [-0.2, -0.15) is 0 Å². The van der Waals surface area contributed by atoms with Crippen molar-refractivity contribution in [2.24, 2.45) is 0 Å². The molecule has 1 amide bonds. The first-order valence-electron chi connectivity index (χ1n) is 7.48. The van der Waals surface area contributed by atoms with Crippen molar-refractivity contribution in [1.82, 2.24) is 15.3 Å². The molecule has 0 aliphatic rings. The van der Waals surface area contributed by atoms with Gasteiger partial charge in [0.2, 0.25) is 0 Å². The Morgan fingerprint density at radius 2 is 2.00 bits per heavy atom. The average molecular weight is 342 g/mol. The van der Waals surface area contributed by atoms with E-state index in [1.54, 1.807) is 6.92 Å². The number of halogens is 1. The Bertz CT molecular complexity index is 898. The van der Waals surface area contributed by atoms with Gasteiger partial charge in [-0.05, 0) is 29.3 Å². The summed E-state index contributed by atoms with van der Waals surface area (Å²) in [6, 6.07) is 13.6. The molecule has 2 N–H and O–H groups in total. The maximum absolute atomic E-state index is 12.2. The van der Waals surface area contributed by atoms with Gasteiger partial charge >= 0.3 is 0 Å². The molecule has 122 valence electrons. The minimum Gasteiger partial charge on any atom is -0.387 e. The molecular formula is C18H16ClN3O2. The van der Waals surface area contributed by atoms with Gasteiger partial charge < -0.3 is 10.4 Å². The third-order valence-corrected chi connectivity index (χ3v) is 3.97. The summed E-state index contributed by atoms with van der Waals surface area (Å²) in [6.45, 7) is 1.74. The number of rotatable bonds is 4. The number of aryl methyl sites for hydroxylation is 1. The lowest BCUT2D eigenvalue weighted by Crippen LogP contribution is -2.29. The highest BCUT2D eigenvalue weighted by atomic mass is 35.5. The summed E-state index contributed by atoms with van der Waals surface area (Å²) in [4.78, 5) is 20.1. The van der Waals surface area contributed by atoms with Crippen LogP contribution < -0.4 is 5.32 Å². The van der Waals surface area contributed by atoms with Gasteiger partial charge in [0.05, 0.1) is 17.3 Å². The number of aliphatic hydroxyl groups is 1. The predicted octanol–water partition coefficient (Wildman–Crippen LogP) is 3.06. The number of nitrogens with one attached hydrogen (secondary N) is 1. The largest absolute Gasteiger partial charge is 0.387 e. The molecule has 0 aliphatic heterocycles. The van der Waals surface area contributed by atoms with Gasteiger partial charge in [-0.25, -0.2) is 9.97 Å². The first-order chi connectivity index (χ1) is 11.5. The first kappa shape index (κ1) is 16.4. The second-order valence-electron chi connectivity index (χ2n) is 5.45. The molecule has 2 aromatic carbocycles. The maximum atomic E-state index is 12.2. The molecule has 0 radical (unpaired) electrons. The summed E-state index contributed by atoms with van der Waals surface area (Å²) in [5, 5.41) is 15.3. The fourth-order valence-corrected chi connectivity index (χ4v) is 2.60. The zero-order valence-corrected chi connectivity index (χ0v) is 13.8. The third kappa shape index (κ3) is 3.53. The molecule has 0 saturated carbocycles. The number of carbonyl (C=O) groups is 1. The van der Waals surface area contributed by atoms with Crippen molar-refractivity contribution < 1.29 is 9.90 Å². The molecule has 0 fully saturated rings. The van der Waals surface area contributed by atoms with Crippen LogP contribution in [0.1, 0.15) is 28.0 Å². The van der Waals surface area contributed by atoms with Gasteiger partial charge in [-0.3, -0.25) is 4.79 Å². The summed E-state index contributed by atoms with van der Waals surface area (Å²) in [5.41, 5.74) is 0.842. The van der Waals surface area contributed by atoms with E-state index in [0.29, 0.717) is 5.82 Å². The molecule has 1 atom stereocenters. The minimum atomic E-state index is -0.819. The molecule has 0 bridgehead atoms. The van der Waals surface area contributed by atoms with Crippen molar-refractivity contribution in [3.05, 3.63) is 70.8 Å². The third-order valence-electron chi connectivity index (χ3n) is 3.69. The summed E-state index contributed by atoms with van der Waals surface area (Å²) in [7, 11) is 0. The normalized spacial score (nSPS) is 12.1. The molecule has 1 heterocycles. The first-order valence-corrected chi connectivity index (χ1v) is 7.86. The predicted molar refractivity (Wildman–Crippen MR) is 93.0 cm³/mol. The number of hydrogen-bond acceptors (Lipinski definition) is 4. The van der Waals surface area contributed by atoms with Gasteiger partial charge in [0.25, 0.3) is 5.91 Å². The van der Waals surface area contributed by atoms with Gasteiger partial charge in [-0.15, -0.1) is 0 Å². The smallest absolute Gasteiger partial charge is 0.271 e. The van der Waals surface area contributed by atoms with E-state index in [9.17, 15) is 9.90 Å². The molecule has 6 heteroatoms. The van der Waals surface area contributed by atoms with Crippen LogP contribution in [0.4, 0.5) is 0 Å². The van der Waals surface area contributed by atoms with Crippen LogP contribution in [0.5, 0.6) is 0 Å². The zero-order chi connectivity index (χ0) is 17.1. The fraction of sp³-hybridized carbons (Fsp3) is 0.167. The van der Waals surface area contributed by atoms with Crippen LogP contribution in [0.15, 0.2) is 48.7 Å². The Morgan fingerprint density at radius 1 is 1.25 bits per heavy atom. The molecule has 0 spiro atoms. The molecule has 3 rings (SSSR count). The number of fused-ring (bicyclic) bond motifs is 1. The molecule has 0 saturated heterocycles. The van der Waals surface area contributed by atoms with Crippen LogP contribution in [0.2, 0.25) is 5.02 Å². The van der Waals surface area contributed by atoms with E-state index in [1.165, 1.54) is 6.20 Å². The van der Waals surface area contributed by atoms with Gasteiger partial charge in [0.1, 0.15) is 11.5 Å². The van der Waals surface area contributed by atoms with Crippen molar-refractivity contribution in [2.45, 2.75) is 13.0 Å². The lowest BCUT2D eigenvalue weighted by atomic mass is 10.0. The molecule has 1 aromatic heterocycles. The van der Waals surface area contributed by atoms with Crippen LogP contribution in [0, 0.1) is 6.92 Å². The van der Waals surface area contributed by atoms with Crippen molar-refractivity contribution in [1.29, 1.82) is 0 Å². The van der Waals surface area contributed by atoms with Crippen LogP contribution in [-0.4, -0.2) is 27.5 Å². The average Bonchev–Trinajstić information content (AvgIpc) is 2.61. The summed E-state index contributed by atoms with van der Waals surface area (Å²) < 4.78 is 0. The van der Waals surface area contributed by atoms with E-state index in [4.69, 9.17) is 11.6 Å². The number of nitrogens with zero attached hydrogens (tertiary/aromatic N) is 2. The fourth-order valence-electron chi connectivity index (χ4n) is 2.42. The number of carbonyl (C=O) groups excluding carboxylic acids is 1. The summed E-state index contributed by atoms with van der Waals surface area (Å²) in [5.74, 6) is 0.0185. The number of hydrogen-bond donors (Lipinski definition) is 2. The lowest BCUT2D eigenvalue weighted by molar-refractivity contribution is 0.0911. The Hall–Kier alpha value is -2.50. The summed E-state index contributed by atoms with van der Waals surface area (Å²) in [6.07, 6.45) is 0.568. The number of amides is 1. The van der Waals surface area contributed by atoms with E-state index in [1.807, 2.05) is 42.5 Å². The molecule has 1 unspecified atom stereocenters. The topological polar surface area (TPSA) is 75.1 Å². The Labute approximate surface area is 144 Å². The SMILES string of the molecule is Cc1ncc(Cl)c(C(=O)NCC(O)c2ccc3ccccc3c2)n1. The summed E-state index contributed by atoms with van der Waals surface area (Å²) >= 11 is 5.94. The highest BCUT2D eigenvalue weighted by Crippen LogP contribution is 2.20. The highest BCUT2D eigenvalue weighted by Gasteiger charge is 2.15. The van der Waals surface area contributed by atoms with Crippen molar-refractivity contribution in [2.75, 3.05) is 6.54 Å². The Balaban J connectivity index is 1.71. The van der Waals surface area contributed by atoms with E-state index in [2.05, 4.69) is 15.3 Å². The highest BCUT2D eigenvalue weighted by molar-refractivity contribution is 6.33. The van der Waals surface area contributed by atoms with Crippen LogP contribution in [0.25, 0.3) is 10.8 Å². The molecule has 5 nitrogen and oxygen atoms in total. The second kappa shape index (κ2) is 6.95. The van der Waals surface area contributed by atoms with Gasteiger partial charge in [0, 0.05) is 6.54 Å². The van der Waals surface area contributed by atoms with E-state index < -0.39 is 12.0 Å². The van der Waals surface area contributed by atoms with E-state index in [0.717, 1.165) is 16.3 Å². The van der Waals surface area contributed by atoms with Crippen LogP contribution >= 0.6 is 11.6 Å². The van der Waals surface area contributed by atoms with Crippen LogP contribution in [0.3, 0.4) is 0 Å². The van der Waals surface area contributed by atoms with Crippen LogP contribution in [-0.2, 0) is 0 Å². The molecule has 0 aliphatic carbocycles. The Kier molecular flexibility index (Phi) is 4.74. The number of benzene rings is 2. The van der Waals surface area contributed by atoms with E-state index in [-0.39, 0.29) is 17.3 Å². The number of aliphatic hydroxyl groups excluding tert-OH is 1. The van der Waals surface area contributed by atoms with Gasteiger partial charge in [-0.1, -0.05) is 48.0 Å². The number of aromatic nitrogens is 2. The molecule has 3 aromatic rings. The van der Waals surface area contributed by atoms with Crippen molar-refractivity contribution in [3.8, 4) is 0 Å². The second-order valence-corrected chi connectivity index (χ2v) is 5.85. The quantitative estimate of drug-likeness (QED) is 0.764. The lowest BCUT2D eigenvalue weighted by Gasteiger charge is -2.13.